The van der Waals surface area contributed by atoms with Gasteiger partial charge in [-0.2, -0.15) is 0 Å². The fourth-order valence-corrected chi connectivity index (χ4v) is 2.47. The van der Waals surface area contributed by atoms with E-state index >= 15 is 0 Å². The van der Waals surface area contributed by atoms with Crippen LogP contribution in [0.3, 0.4) is 0 Å². The van der Waals surface area contributed by atoms with Crippen LogP contribution in [0, 0.1) is 10.1 Å². The Morgan fingerprint density at radius 2 is 2.09 bits per heavy atom. The zero-order chi connectivity index (χ0) is 15.7. The van der Waals surface area contributed by atoms with E-state index in [-0.39, 0.29) is 11.6 Å². The monoisotopic (exact) mass is 318 g/mol. The van der Waals surface area contributed by atoms with Crippen molar-refractivity contribution >= 4 is 28.9 Å². The summed E-state index contributed by atoms with van der Waals surface area (Å²) in [4.78, 5) is 22.4. The van der Waals surface area contributed by atoms with Crippen LogP contribution in [0.1, 0.15) is 5.56 Å². The molecule has 0 aromatic heterocycles. The second-order valence-corrected chi connectivity index (χ2v) is 5.30. The molecule has 7 heteroatoms. The lowest BCUT2D eigenvalue weighted by atomic mass is 10.1. The maximum absolute atomic E-state index is 12.1. The van der Waals surface area contributed by atoms with Gasteiger partial charge in [-0.1, -0.05) is 23.7 Å². The van der Waals surface area contributed by atoms with Gasteiger partial charge in [0.05, 0.1) is 16.7 Å². The normalized spacial score (nSPS) is 16.4. The number of nitrogens with zero attached hydrogens (tertiary/aromatic N) is 1. The highest BCUT2D eigenvalue weighted by Gasteiger charge is 2.29. The second-order valence-electron chi connectivity index (χ2n) is 4.87. The number of hydrogen-bond donors (Lipinski definition) is 1. The van der Waals surface area contributed by atoms with E-state index in [1.807, 2.05) is 6.07 Å². The van der Waals surface area contributed by atoms with Gasteiger partial charge >= 0.3 is 0 Å². The number of nitro groups is 1. The summed E-state index contributed by atoms with van der Waals surface area (Å²) in [5, 5.41) is 14.1. The number of carbonyl (C=O) groups is 1. The van der Waals surface area contributed by atoms with E-state index < -0.39 is 11.0 Å². The minimum atomic E-state index is -0.757. The number of nitrogens with one attached hydrogen (secondary N) is 1. The van der Waals surface area contributed by atoms with Crippen molar-refractivity contribution in [2.75, 3.05) is 5.32 Å². The van der Waals surface area contributed by atoms with Crippen LogP contribution in [0.5, 0.6) is 5.75 Å². The lowest BCUT2D eigenvalue weighted by Crippen LogP contribution is -2.38. The molecule has 22 heavy (non-hydrogen) atoms. The van der Waals surface area contributed by atoms with Crippen molar-refractivity contribution in [2.45, 2.75) is 12.5 Å². The van der Waals surface area contributed by atoms with Gasteiger partial charge in [0, 0.05) is 17.5 Å². The van der Waals surface area contributed by atoms with Crippen LogP contribution in [-0.2, 0) is 11.2 Å². The first kappa shape index (κ1) is 14.3. The van der Waals surface area contributed by atoms with Crippen LogP contribution in [0.2, 0.25) is 5.02 Å². The van der Waals surface area contributed by atoms with Gasteiger partial charge in [-0.3, -0.25) is 14.9 Å². The summed E-state index contributed by atoms with van der Waals surface area (Å²) in [6.45, 7) is 0. The maximum Gasteiger partial charge on any atom is 0.273 e. The van der Waals surface area contributed by atoms with Crippen LogP contribution in [0.25, 0.3) is 0 Å². The lowest BCUT2D eigenvalue weighted by Gasteiger charge is -2.25. The Kier molecular flexibility index (Phi) is 3.68. The molecule has 0 fully saturated rings. The molecular weight excluding hydrogens is 308 g/mol. The summed E-state index contributed by atoms with van der Waals surface area (Å²) in [6, 6.07) is 11.2. The van der Waals surface area contributed by atoms with E-state index in [1.54, 1.807) is 18.2 Å². The number of benzene rings is 2. The molecule has 0 saturated carbocycles. The molecule has 0 aliphatic carbocycles. The van der Waals surface area contributed by atoms with Crippen molar-refractivity contribution in [2.24, 2.45) is 0 Å². The molecule has 1 amide bonds. The smallest absolute Gasteiger partial charge is 0.273 e. The fraction of sp³-hybridized carbons (Fsp3) is 0.133. The zero-order valence-electron chi connectivity index (χ0n) is 11.3. The largest absolute Gasteiger partial charge is 0.478 e. The first-order chi connectivity index (χ1) is 10.5. The van der Waals surface area contributed by atoms with E-state index in [1.165, 1.54) is 18.2 Å². The van der Waals surface area contributed by atoms with Gasteiger partial charge in [-0.25, -0.2) is 0 Å². The molecule has 0 bridgehead atoms. The summed E-state index contributed by atoms with van der Waals surface area (Å²) >= 11 is 5.92. The van der Waals surface area contributed by atoms with E-state index in [4.69, 9.17) is 16.3 Å². The average molecular weight is 319 g/mol. The number of non-ortho nitro benzene ring substituents is 1. The van der Waals surface area contributed by atoms with Gasteiger partial charge in [-0.05, 0) is 23.8 Å². The van der Waals surface area contributed by atoms with Gasteiger partial charge < -0.3 is 10.1 Å². The van der Waals surface area contributed by atoms with Crippen LogP contribution in [0.4, 0.5) is 11.4 Å². The molecule has 2 aromatic carbocycles. The zero-order valence-corrected chi connectivity index (χ0v) is 12.0. The van der Waals surface area contributed by atoms with Crippen molar-refractivity contribution in [3.05, 3.63) is 63.2 Å². The Morgan fingerprint density at radius 1 is 1.27 bits per heavy atom. The Hall–Kier alpha value is -2.60. The van der Waals surface area contributed by atoms with Crippen LogP contribution < -0.4 is 10.1 Å². The molecule has 0 saturated heterocycles. The molecule has 1 heterocycles. The molecule has 1 atom stereocenters. The SMILES string of the molecule is O=C1Nc2ccc([N+](=O)[O-])cc2OC1Cc1cccc(Cl)c1. The van der Waals surface area contributed by atoms with Gasteiger partial charge in [0.15, 0.2) is 11.9 Å². The van der Waals surface area contributed by atoms with Crippen LogP contribution in [-0.4, -0.2) is 16.9 Å². The van der Waals surface area contributed by atoms with Crippen molar-refractivity contribution in [1.82, 2.24) is 0 Å². The Balaban J connectivity index is 1.85. The molecule has 1 aliphatic rings. The highest BCUT2D eigenvalue weighted by Crippen LogP contribution is 2.33. The number of fused-ring (bicyclic) bond motifs is 1. The van der Waals surface area contributed by atoms with E-state index in [9.17, 15) is 14.9 Å². The summed E-state index contributed by atoms with van der Waals surface area (Å²) in [5.74, 6) is 0.00200. The number of carbonyl (C=O) groups excluding carboxylic acids is 1. The van der Waals surface area contributed by atoms with Crippen LogP contribution in [0.15, 0.2) is 42.5 Å². The molecule has 0 radical (unpaired) electrons. The Bertz CT molecular complexity index is 763. The number of rotatable bonds is 3. The number of anilines is 1. The molecule has 2 aromatic rings. The molecule has 112 valence electrons. The molecule has 0 spiro atoms. The predicted octanol–water partition coefficient (Wildman–Crippen LogP) is 3.19. The van der Waals surface area contributed by atoms with Gasteiger partial charge in [0.1, 0.15) is 0 Å². The number of amides is 1. The predicted molar refractivity (Wildman–Crippen MR) is 81.3 cm³/mol. The van der Waals surface area contributed by atoms with Crippen LogP contribution >= 0.6 is 11.6 Å². The van der Waals surface area contributed by atoms with Crippen molar-refractivity contribution in [3.8, 4) is 5.75 Å². The third kappa shape index (κ3) is 2.87. The third-order valence-corrected chi connectivity index (χ3v) is 3.54. The molecule has 1 N–H and O–H groups in total. The van der Waals surface area contributed by atoms with E-state index in [0.717, 1.165) is 5.56 Å². The second kappa shape index (κ2) is 5.65. The average Bonchev–Trinajstić information content (AvgIpc) is 2.47. The number of nitro benzene ring substituents is 1. The van der Waals surface area contributed by atoms with E-state index in [2.05, 4.69) is 5.32 Å². The molecule has 6 nitrogen and oxygen atoms in total. The highest BCUT2D eigenvalue weighted by atomic mass is 35.5. The van der Waals surface area contributed by atoms with Gasteiger partial charge in [-0.15, -0.1) is 0 Å². The first-order valence-electron chi connectivity index (χ1n) is 6.53. The molecule has 1 aliphatic heterocycles. The maximum atomic E-state index is 12.1. The number of halogens is 1. The summed E-state index contributed by atoms with van der Waals surface area (Å²) in [7, 11) is 0. The highest BCUT2D eigenvalue weighted by molar-refractivity contribution is 6.30. The minimum absolute atomic E-state index is 0.0867. The molecular formula is C15H11ClN2O4. The summed E-state index contributed by atoms with van der Waals surface area (Å²) < 4.78 is 5.62. The fourth-order valence-electron chi connectivity index (χ4n) is 2.26. The molecule has 3 rings (SSSR count). The summed E-state index contributed by atoms with van der Waals surface area (Å²) in [5.41, 5.74) is 1.19. The molecule has 1 unspecified atom stereocenters. The Labute approximate surface area is 130 Å². The summed E-state index contributed by atoms with van der Waals surface area (Å²) in [6.07, 6.45) is -0.429. The van der Waals surface area contributed by atoms with Crippen molar-refractivity contribution in [3.63, 3.8) is 0 Å². The number of ether oxygens (including phenoxy) is 1. The lowest BCUT2D eigenvalue weighted by molar-refractivity contribution is -0.384. The first-order valence-corrected chi connectivity index (χ1v) is 6.91. The quantitative estimate of drug-likeness (QED) is 0.696. The topological polar surface area (TPSA) is 81.5 Å². The van der Waals surface area contributed by atoms with Crippen molar-refractivity contribution < 1.29 is 14.5 Å². The standard InChI is InChI=1S/C15H11ClN2O4/c16-10-3-1-2-9(6-10)7-14-15(19)17-12-5-4-11(18(20)21)8-13(12)22-14/h1-6,8,14H,7H2,(H,17,19). The number of hydrogen-bond acceptors (Lipinski definition) is 4. The Morgan fingerprint density at radius 3 is 2.82 bits per heavy atom. The third-order valence-electron chi connectivity index (χ3n) is 3.31. The van der Waals surface area contributed by atoms with Gasteiger partial charge in [0.2, 0.25) is 0 Å². The minimum Gasteiger partial charge on any atom is -0.478 e. The van der Waals surface area contributed by atoms with Gasteiger partial charge in [0.25, 0.3) is 11.6 Å². The van der Waals surface area contributed by atoms with E-state index in [0.29, 0.717) is 22.9 Å². The van der Waals surface area contributed by atoms with Crippen molar-refractivity contribution in [1.29, 1.82) is 0 Å².